The molecule has 0 saturated carbocycles. The largest absolute Gasteiger partial charge is 0.493 e. The SMILES string of the molecule is CC1CC=CCC1COc1ccc(C#N)c(Cl)c1. The fourth-order valence-electron chi connectivity index (χ4n) is 2.12. The lowest BCUT2D eigenvalue weighted by Gasteiger charge is -2.25. The Morgan fingerprint density at radius 1 is 1.39 bits per heavy atom. The van der Waals surface area contributed by atoms with Crippen molar-refractivity contribution in [1.82, 2.24) is 0 Å². The number of nitrogens with zero attached hydrogens (tertiary/aromatic N) is 1. The maximum atomic E-state index is 8.79. The van der Waals surface area contributed by atoms with Gasteiger partial charge < -0.3 is 4.74 Å². The molecule has 0 bridgehead atoms. The molecule has 0 aromatic heterocycles. The van der Waals surface area contributed by atoms with Crippen molar-refractivity contribution in [1.29, 1.82) is 5.26 Å². The van der Waals surface area contributed by atoms with E-state index in [-0.39, 0.29) is 0 Å². The third-order valence-corrected chi connectivity index (χ3v) is 3.76. The highest BCUT2D eigenvalue weighted by molar-refractivity contribution is 6.31. The third-order valence-electron chi connectivity index (χ3n) is 3.44. The summed E-state index contributed by atoms with van der Waals surface area (Å²) in [6, 6.07) is 7.25. The monoisotopic (exact) mass is 261 g/mol. The molecule has 2 nitrogen and oxygen atoms in total. The summed E-state index contributed by atoms with van der Waals surface area (Å²) in [4.78, 5) is 0. The number of hydrogen-bond acceptors (Lipinski definition) is 2. The Morgan fingerprint density at radius 2 is 2.17 bits per heavy atom. The van der Waals surface area contributed by atoms with E-state index in [1.807, 2.05) is 6.07 Å². The van der Waals surface area contributed by atoms with Crippen LogP contribution in [-0.2, 0) is 0 Å². The van der Waals surface area contributed by atoms with Gasteiger partial charge in [-0.3, -0.25) is 0 Å². The fourth-order valence-corrected chi connectivity index (χ4v) is 2.33. The standard InChI is InChI=1S/C15H16ClNO/c1-11-4-2-3-5-13(11)10-18-14-7-6-12(9-17)15(16)8-14/h2-3,6-8,11,13H,4-5,10H2,1H3. The van der Waals surface area contributed by atoms with Crippen molar-refractivity contribution in [3.63, 3.8) is 0 Å². The molecule has 1 aliphatic carbocycles. The van der Waals surface area contributed by atoms with E-state index < -0.39 is 0 Å². The molecule has 3 heteroatoms. The van der Waals surface area contributed by atoms with Gasteiger partial charge in [0.15, 0.2) is 0 Å². The summed E-state index contributed by atoms with van der Waals surface area (Å²) in [5, 5.41) is 9.25. The summed E-state index contributed by atoms with van der Waals surface area (Å²) in [7, 11) is 0. The second-order valence-corrected chi connectivity index (χ2v) is 5.15. The van der Waals surface area contributed by atoms with Crippen molar-refractivity contribution in [2.24, 2.45) is 11.8 Å². The van der Waals surface area contributed by atoms with Gasteiger partial charge >= 0.3 is 0 Å². The van der Waals surface area contributed by atoms with Crippen LogP contribution in [0.5, 0.6) is 5.75 Å². The average Bonchev–Trinajstić information content (AvgIpc) is 2.38. The summed E-state index contributed by atoms with van der Waals surface area (Å²) in [5.41, 5.74) is 0.484. The van der Waals surface area contributed by atoms with Crippen LogP contribution < -0.4 is 4.74 Å². The number of ether oxygens (including phenoxy) is 1. The highest BCUT2D eigenvalue weighted by Crippen LogP contribution is 2.27. The van der Waals surface area contributed by atoms with E-state index in [1.54, 1.807) is 18.2 Å². The lowest BCUT2D eigenvalue weighted by atomic mass is 9.85. The highest BCUT2D eigenvalue weighted by atomic mass is 35.5. The molecule has 0 heterocycles. The van der Waals surface area contributed by atoms with Crippen LogP contribution in [0.25, 0.3) is 0 Å². The lowest BCUT2D eigenvalue weighted by Crippen LogP contribution is -2.21. The fraction of sp³-hybridized carbons (Fsp3) is 0.400. The maximum Gasteiger partial charge on any atom is 0.120 e. The van der Waals surface area contributed by atoms with Crippen molar-refractivity contribution in [3.8, 4) is 11.8 Å². The molecule has 94 valence electrons. The molecule has 18 heavy (non-hydrogen) atoms. The summed E-state index contributed by atoms with van der Waals surface area (Å²) >= 11 is 5.97. The van der Waals surface area contributed by atoms with Crippen molar-refractivity contribution in [3.05, 3.63) is 40.9 Å². The lowest BCUT2D eigenvalue weighted by molar-refractivity contribution is 0.198. The van der Waals surface area contributed by atoms with E-state index in [4.69, 9.17) is 21.6 Å². The highest BCUT2D eigenvalue weighted by Gasteiger charge is 2.18. The Hall–Kier alpha value is -1.46. The molecule has 0 amide bonds. The first-order chi connectivity index (χ1) is 8.70. The van der Waals surface area contributed by atoms with Gasteiger partial charge in [-0.15, -0.1) is 0 Å². The molecule has 1 aromatic carbocycles. The summed E-state index contributed by atoms with van der Waals surface area (Å²) in [5.74, 6) is 1.95. The maximum absolute atomic E-state index is 8.79. The predicted molar refractivity (Wildman–Crippen MR) is 72.7 cm³/mol. The number of benzene rings is 1. The molecule has 2 atom stereocenters. The number of rotatable bonds is 3. The van der Waals surface area contributed by atoms with Gasteiger partial charge in [-0.1, -0.05) is 30.7 Å². The summed E-state index contributed by atoms with van der Waals surface area (Å²) in [6.45, 7) is 2.96. The number of allylic oxidation sites excluding steroid dienone is 2. The normalized spacial score (nSPS) is 22.5. The van der Waals surface area contributed by atoms with Crippen molar-refractivity contribution in [2.75, 3.05) is 6.61 Å². The van der Waals surface area contributed by atoms with Crippen LogP contribution >= 0.6 is 11.6 Å². The van der Waals surface area contributed by atoms with Crippen LogP contribution in [0.2, 0.25) is 5.02 Å². The first kappa shape index (κ1) is 13.0. The molecule has 0 fully saturated rings. The zero-order chi connectivity index (χ0) is 13.0. The zero-order valence-electron chi connectivity index (χ0n) is 10.4. The molecule has 2 unspecified atom stereocenters. The predicted octanol–water partition coefficient (Wildman–Crippen LogP) is 4.19. The van der Waals surface area contributed by atoms with E-state index in [1.165, 1.54) is 0 Å². The van der Waals surface area contributed by atoms with Crippen molar-refractivity contribution < 1.29 is 4.74 Å². The van der Waals surface area contributed by atoms with E-state index in [0.717, 1.165) is 18.6 Å². The van der Waals surface area contributed by atoms with E-state index in [9.17, 15) is 0 Å². The quantitative estimate of drug-likeness (QED) is 0.764. The molecule has 0 radical (unpaired) electrons. The van der Waals surface area contributed by atoms with Crippen LogP contribution in [-0.4, -0.2) is 6.61 Å². The second kappa shape index (κ2) is 5.93. The minimum absolute atomic E-state index is 0.451. The number of nitriles is 1. The Balaban J connectivity index is 1.96. The van der Waals surface area contributed by atoms with Gasteiger partial charge in [-0.05, 0) is 36.8 Å². The van der Waals surface area contributed by atoms with Crippen LogP contribution in [0.15, 0.2) is 30.4 Å². The molecule has 0 spiro atoms. The number of halogens is 1. The molecule has 0 saturated heterocycles. The third kappa shape index (κ3) is 3.05. The van der Waals surface area contributed by atoms with E-state index >= 15 is 0 Å². The van der Waals surface area contributed by atoms with Gasteiger partial charge in [-0.25, -0.2) is 0 Å². The first-order valence-electron chi connectivity index (χ1n) is 6.18. The van der Waals surface area contributed by atoms with Gasteiger partial charge in [-0.2, -0.15) is 5.26 Å². The van der Waals surface area contributed by atoms with Crippen molar-refractivity contribution in [2.45, 2.75) is 19.8 Å². The molecule has 2 rings (SSSR count). The van der Waals surface area contributed by atoms with E-state index in [0.29, 0.717) is 29.0 Å². The Morgan fingerprint density at radius 3 is 2.83 bits per heavy atom. The summed E-state index contributed by atoms with van der Waals surface area (Å²) in [6.07, 6.45) is 6.66. The molecule has 1 aromatic rings. The Labute approximate surface area is 113 Å². The van der Waals surface area contributed by atoms with Crippen LogP contribution in [0, 0.1) is 23.2 Å². The minimum atomic E-state index is 0.451. The van der Waals surface area contributed by atoms with Gasteiger partial charge in [0, 0.05) is 6.07 Å². The second-order valence-electron chi connectivity index (χ2n) is 4.74. The molecular formula is C15H16ClNO. The topological polar surface area (TPSA) is 33.0 Å². The number of hydrogen-bond donors (Lipinski definition) is 0. The van der Waals surface area contributed by atoms with Crippen LogP contribution in [0.1, 0.15) is 25.3 Å². The van der Waals surface area contributed by atoms with Crippen LogP contribution in [0.3, 0.4) is 0 Å². The minimum Gasteiger partial charge on any atom is -0.493 e. The van der Waals surface area contributed by atoms with Crippen molar-refractivity contribution >= 4 is 11.6 Å². The Kier molecular flexibility index (Phi) is 4.28. The Bertz CT molecular complexity index is 490. The average molecular weight is 262 g/mol. The van der Waals surface area contributed by atoms with Crippen LogP contribution in [0.4, 0.5) is 0 Å². The van der Waals surface area contributed by atoms with Gasteiger partial charge in [0.1, 0.15) is 11.8 Å². The molecule has 0 aliphatic heterocycles. The smallest absolute Gasteiger partial charge is 0.120 e. The molecule has 0 N–H and O–H groups in total. The van der Waals surface area contributed by atoms with Gasteiger partial charge in [0.05, 0.1) is 17.2 Å². The first-order valence-corrected chi connectivity index (χ1v) is 6.56. The van der Waals surface area contributed by atoms with Gasteiger partial charge in [0.25, 0.3) is 0 Å². The molecule has 1 aliphatic rings. The van der Waals surface area contributed by atoms with E-state index in [2.05, 4.69) is 19.1 Å². The summed E-state index contributed by atoms with van der Waals surface area (Å²) < 4.78 is 5.77. The zero-order valence-corrected chi connectivity index (χ0v) is 11.2. The van der Waals surface area contributed by atoms with Gasteiger partial charge in [0.2, 0.25) is 0 Å². The molecular weight excluding hydrogens is 246 g/mol.